The van der Waals surface area contributed by atoms with Gasteiger partial charge in [0.15, 0.2) is 0 Å². The number of ether oxygens (including phenoxy) is 1. The summed E-state index contributed by atoms with van der Waals surface area (Å²) in [6, 6.07) is 14.5. The molecule has 0 bridgehead atoms. The summed E-state index contributed by atoms with van der Waals surface area (Å²) in [5.74, 6) is -0.241. The minimum atomic E-state index is -0.595. The van der Waals surface area contributed by atoms with Crippen molar-refractivity contribution in [1.82, 2.24) is 5.32 Å². The highest BCUT2D eigenvalue weighted by Crippen LogP contribution is 2.36. The fraction of sp³-hybridized carbons (Fsp3) is 0.381. The Balaban J connectivity index is 1.77. The predicted molar refractivity (Wildman–Crippen MR) is 104 cm³/mol. The first kappa shape index (κ1) is 19.1. The van der Waals surface area contributed by atoms with Crippen LogP contribution in [0.3, 0.4) is 0 Å². The fourth-order valence-corrected chi connectivity index (χ4v) is 3.81. The van der Waals surface area contributed by atoms with E-state index in [2.05, 4.69) is 21.2 Å². The van der Waals surface area contributed by atoms with Crippen LogP contribution < -0.4 is 5.32 Å². The molecule has 3 rings (SSSR count). The summed E-state index contributed by atoms with van der Waals surface area (Å²) >= 11 is 3.45. The second kappa shape index (κ2) is 8.31. The highest BCUT2D eigenvalue weighted by atomic mass is 79.9. The number of carbonyl (C=O) groups excluding carboxylic acids is 1. The molecule has 3 nitrogen and oxygen atoms in total. The zero-order chi connectivity index (χ0) is 18.6. The number of halogens is 2. The Morgan fingerprint density at radius 1 is 1.19 bits per heavy atom. The zero-order valence-corrected chi connectivity index (χ0v) is 16.4. The smallest absolute Gasteiger partial charge is 0.231 e. The highest BCUT2D eigenvalue weighted by Gasteiger charge is 2.42. The van der Waals surface area contributed by atoms with Crippen molar-refractivity contribution in [3.8, 4) is 0 Å². The largest absolute Gasteiger partial charge is 0.381 e. The first-order chi connectivity index (χ1) is 12.5. The second-order valence-electron chi connectivity index (χ2n) is 6.87. The van der Waals surface area contributed by atoms with Crippen LogP contribution >= 0.6 is 15.9 Å². The summed E-state index contributed by atoms with van der Waals surface area (Å²) in [6.07, 6.45) is 1.76. The Morgan fingerprint density at radius 2 is 1.85 bits per heavy atom. The summed E-state index contributed by atoms with van der Waals surface area (Å²) in [7, 11) is 0. The number of rotatable bonds is 5. The van der Waals surface area contributed by atoms with E-state index in [1.54, 1.807) is 12.1 Å². The van der Waals surface area contributed by atoms with Gasteiger partial charge in [-0.25, -0.2) is 4.39 Å². The average molecular weight is 420 g/mol. The maximum atomic E-state index is 13.9. The summed E-state index contributed by atoms with van der Waals surface area (Å²) in [5, 5.41) is 3.11. The molecule has 1 amide bonds. The van der Waals surface area contributed by atoms with Crippen molar-refractivity contribution in [3.63, 3.8) is 0 Å². The Hall–Kier alpha value is -1.72. The van der Waals surface area contributed by atoms with Crippen molar-refractivity contribution in [2.75, 3.05) is 13.2 Å². The van der Waals surface area contributed by atoms with E-state index in [1.807, 2.05) is 37.3 Å². The molecule has 1 aliphatic rings. The molecule has 1 aliphatic heterocycles. The third kappa shape index (κ3) is 4.15. The van der Waals surface area contributed by atoms with Crippen molar-refractivity contribution in [3.05, 3.63) is 69.9 Å². The number of benzene rings is 2. The molecule has 0 aromatic heterocycles. The maximum absolute atomic E-state index is 13.9. The van der Waals surface area contributed by atoms with Gasteiger partial charge in [-0.1, -0.05) is 46.3 Å². The van der Waals surface area contributed by atoms with Gasteiger partial charge < -0.3 is 10.1 Å². The van der Waals surface area contributed by atoms with Gasteiger partial charge in [0, 0.05) is 23.7 Å². The molecule has 1 heterocycles. The van der Waals surface area contributed by atoms with Crippen molar-refractivity contribution in [1.29, 1.82) is 0 Å². The lowest BCUT2D eigenvalue weighted by Crippen LogP contribution is -2.50. The van der Waals surface area contributed by atoms with Crippen LogP contribution in [0.1, 0.15) is 30.9 Å². The third-order valence-electron chi connectivity index (χ3n) is 5.04. The summed E-state index contributed by atoms with van der Waals surface area (Å²) in [5.41, 5.74) is 1.02. The molecule has 2 aromatic rings. The van der Waals surface area contributed by atoms with Gasteiger partial charge >= 0.3 is 0 Å². The Bertz CT molecular complexity index is 757. The number of nitrogens with one attached hydrogen (secondary N) is 1. The topological polar surface area (TPSA) is 38.3 Å². The van der Waals surface area contributed by atoms with Crippen LogP contribution in [0.4, 0.5) is 4.39 Å². The van der Waals surface area contributed by atoms with E-state index in [0.29, 0.717) is 38.0 Å². The van der Waals surface area contributed by atoms with Gasteiger partial charge in [0.05, 0.1) is 5.41 Å². The summed E-state index contributed by atoms with van der Waals surface area (Å²) in [4.78, 5) is 13.2. The van der Waals surface area contributed by atoms with Crippen LogP contribution in [0, 0.1) is 5.82 Å². The van der Waals surface area contributed by atoms with E-state index in [-0.39, 0.29) is 17.8 Å². The van der Waals surface area contributed by atoms with Crippen LogP contribution in [0.15, 0.2) is 53.0 Å². The lowest BCUT2D eigenvalue weighted by molar-refractivity contribution is -0.131. The molecule has 0 aliphatic carbocycles. The van der Waals surface area contributed by atoms with E-state index in [1.165, 1.54) is 6.07 Å². The van der Waals surface area contributed by atoms with Gasteiger partial charge in [-0.3, -0.25) is 4.79 Å². The van der Waals surface area contributed by atoms with E-state index in [0.717, 1.165) is 10.0 Å². The predicted octanol–water partition coefficient (Wildman–Crippen LogP) is 4.38. The summed E-state index contributed by atoms with van der Waals surface area (Å²) in [6.45, 7) is 3.04. The first-order valence-corrected chi connectivity index (χ1v) is 9.69. The quantitative estimate of drug-likeness (QED) is 0.780. The molecule has 0 radical (unpaired) electrons. The van der Waals surface area contributed by atoms with E-state index in [9.17, 15) is 9.18 Å². The molecule has 1 fully saturated rings. The molecule has 1 unspecified atom stereocenters. The zero-order valence-electron chi connectivity index (χ0n) is 14.8. The normalized spacial score (nSPS) is 17.5. The molecular weight excluding hydrogens is 397 g/mol. The second-order valence-corrected chi connectivity index (χ2v) is 7.79. The third-order valence-corrected chi connectivity index (χ3v) is 5.57. The minimum absolute atomic E-state index is 0.00744. The number of carbonyl (C=O) groups is 1. The summed E-state index contributed by atoms with van der Waals surface area (Å²) < 4.78 is 20.4. The first-order valence-electron chi connectivity index (χ1n) is 8.89. The monoisotopic (exact) mass is 419 g/mol. The van der Waals surface area contributed by atoms with Gasteiger partial charge in [0.1, 0.15) is 5.82 Å². The molecule has 1 atom stereocenters. The fourth-order valence-electron chi connectivity index (χ4n) is 3.54. The lowest BCUT2D eigenvalue weighted by atomic mass is 9.73. The number of amides is 1. The van der Waals surface area contributed by atoms with Gasteiger partial charge in [-0.15, -0.1) is 0 Å². The van der Waals surface area contributed by atoms with Gasteiger partial charge in [0.2, 0.25) is 5.91 Å². The van der Waals surface area contributed by atoms with E-state index >= 15 is 0 Å². The van der Waals surface area contributed by atoms with Crippen molar-refractivity contribution < 1.29 is 13.9 Å². The number of hydrogen-bond acceptors (Lipinski definition) is 2. The molecule has 138 valence electrons. The molecule has 1 N–H and O–H groups in total. The molecule has 26 heavy (non-hydrogen) atoms. The minimum Gasteiger partial charge on any atom is -0.381 e. The lowest BCUT2D eigenvalue weighted by Gasteiger charge is -2.37. The molecule has 0 spiro atoms. The Labute approximate surface area is 162 Å². The average Bonchev–Trinajstić information content (AvgIpc) is 2.64. The SMILES string of the molecule is CC(Cc1ccccc1F)NC(=O)C1(c2ccc(Br)cc2)CCOCC1. The standard InChI is InChI=1S/C21H23BrFNO2/c1-15(14-16-4-2-3-5-19(16)23)24-20(25)21(10-12-26-13-11-21)17-6-8-18(22)9-7-17/h2-9,15H,10-14H2,1H3,(H,24,25). The van der Waals surface area contributed by atoms with Crippen LogP contribution in [-0.2, 0) is 21.4 Å². The van der Waals surface area contributed by atoms with Crippen LogP contribution in [0.5, 0.6) is 0 Å². The van der Waals surface area contributed by atoms with Crippen molar-refractivity contribution >= 4 is 21.8 Å². The molecule has 0 saturated carbocycles. The number of hydrogen-bond donors (Lipinski definition) is 1. The van der Waals surface area contributed by atoms with Crippen molar-refractivity contribution in [2.45, 2.75) is 37.6 Å². The highest BCUT2D eigenvalue weighted by molar-refractivity contribution is 9.10. The molecular formula is C21H23BrFNO2. The molecule has 5 heteroatoms. The van der Waals surface area contributed by atoms with Crippen LogP contribution in [-0.4, -0.2) is 25.2 Å². The molecule has 1 saturated heterocycles. The van der Waals surface area contributed by atoms with Gasteiger partial charge in [0.25, 0.3) is 0 Å². The van der Waals surface area contributed by atoms with Gasteiger partial charge in [-0.2, -0.15) is 0 Å². The van der Waals surface area contributed by atoms with Crippen LogP contribution in [0.2, 0.25) is 0 Å². The van der Waals surface area contributed by atoms with Gasteiger partial charge in [-0.05, 0) is 55.5 Å². The van der Waals surface area contributed by atoms with Crippen molar-refractivity contribution in [2.24, 2.45) is 0 Å². The molecule has 2 aromatic carbocycles. The van der Waals surface area contributed by atoms with E-state index < -0.39 is 5.41 Å². The Kier molecular flexibility index (Phi) is 6.09. The maximum Gasteiger partial charge on any atom is 0.231 e. The Morgan fingerprint density at radius 3 is 2.50 bits per heavy atom. The van der Waals surface area contributed by atoms with Crippen LogP contribution in [0.25, 0.3) is 0 Å². The van der Waals surface area contributed by atoms with E-state index in [4.69, 9.17) is 4.74 Å².